The zero-order chi connectivity index (χ0) is 13.1. The molecule has 4 heteroatoms. The van der Waals surface area contributed by atoms with Gasteiger partial charge in [-0.25, -0.2) is 0 Å². The number of anilines is 1. The van der Waals surface area contributed by atoms with Gasteiger partial charge in [-0.3, -0.25) is 0 Å². The second-order valence-electron chi connectivity index (χ2n) is 4.64. The molecule has 2 rings (SSSR count). The molecule has 100 valence electrons. The fraction of sp³-hybridized carbons (Fsp3) is 0.571. The Bertz CT molecular complexity index is 412. The topological polar surface area (TPSA) is 41.9 Å². The van der Waals surface area contributed by atoms with Gasteiger partial charge in [-0.15, -0.1) is 0 Å². The van der Waals surface area contributed by atoms with Crippen LogP contribution in [0.3, 0.4) is 0 Å². The molecule has 1 aliphatic heterocycles. The van der Waals surface area contributed by atoms with Crippen molar-refractivity contribution in [1.82, 2.24) is 0 Å². The number of aliphatic hydroxyl groups is 1. The van der Waals surface area contributed by atoms with Crippen LogP contribution in [0.25, 0.3) is 0 Å². The van der Waals surface area contributed by atoms with Crippen LogP contribution in [-0.4, -0.2) is 32.4 Å². The first-order valence-electron chi connectivity index (χ1n) is 6.36. The third kappa shape index (κ3) is 2.38. The molecule has 0 radical (unpaired) electrons. The molecule has 0 amide bonds. The predicted molar refractivity (Wildman–Crippen MR) is 71.6 cm³/mol. The highest BCUT2D eigenvalue weighted by atomic mass is 16.5. The number of methoxy groups -OCH3 is 2. The minimum Gasteiger partial charge on any atom is -0.496 e. The van der Waals surface area contributed by atoms with Gasteiger partial charge >= 0.3 is 0 Å². The average molecular weight is 251 g/mol. The fourth-order valence-corrected chi connectivity index (χ4v) is 2.44. The second kappa shape index (κ2) is 5.48. The summed E-state index contributed by atoms with van der Waals surface area (Å²) in [5.74, 6) is 1.52. The summed E-state index contributed by atoms with van der Waals surface area (Å²) in [6.07, 6.45) is 1.86. The van der Waals surface area contributed by atoms with Crippen molar-refractivity contribution in [2.45, 2.75) is 25.9 Å². The van der Waals surface area contributed by atoms with Crippen LogP contribution in [0.2, 0.25) is 0 Å². The average Bonchev–Trinajstić information content (AvgIpc) is 2.90. The highest BCUT2D eigenvalue weighted by molar-refractivity contribution is 5.64. The maximum atomic E-state index is 9.76. The summed E-state index contributed by atoms with van der Waals surface area (Å²) in [6, 6.07) is 3.84. The normalized spacial score (nSPS) is 16.8. The molecule has 1 heterocycles. The van der Waals surface area contributed by atoms with Gasteiger partial charge in [0.1, 0.15) is 11.5 Å². The van der Waals surface area contributed by atoms with E-state index in [4.69, 9.17) is 9.47 Å². The summed E-state index contributed by atoms with van der Waals surface area (Å²) in [5.41, 5.74) is 1.81. The summed E-state index contributed by atoms with van der Waals surface area (Å²) in [7, 11) is 3.29. The van der Waals surface area contributed by atoms with Crippen LogP contribution >= 0.6 is 0 Å². The standard InChI is InChI=1S/C14H21NO3/c1-10(16)11-8-14(18-3)12(9-13(11)17-2)15-6-4-5-7-15/h8-10,16H,4-7H2,1-3H3. The number of benzene rings is 1. The molecule has 4 nitrogen and oxygen atoms in total. The number of aliphatic hydroxyl groups excluding tert-OH is 1. The Balaban J connectivity index is 2.45. The van der Waals surface area contributed by atoms with Crippen LogP contribution < -0.4 is 14.4 Å². The van der Waals surface area contributed by atoms with Gasteiger partial charge in [0.05, 0.1) is 26.0 Å². The lowest BCUT2D eigenvalue weighted by atomic mass is 10.1. The minimum absolute atomic E-state index is 0.568. The van der Waals surface area contributed by atoms with E-state index in [1.165, 1.54) is 12.8 Å². The van der Waals surface area contributed by atoms with E-state index in [0.717, 1.165) is 30.1 Å². The third-order valence-corrected chi connectivity index (χ3v) is 3.43. The van der Waals surface area contributed by atoms with E-state index in [2.05, 4.69) is 4.90 Å². The molecule has 1 aromatic rings. The van der Waals surface area contributed by atoms with Gasteiger partial charge in [-0.2, -0.15) is 0 Å². The lowest BCUT2D eigenvalue weighted by molar-refractivity contribution is 0.194. The molecule has 0 aliphatic carbocycles. The Hall–Kier alpha value is -1.42. The van der Waals surface area contributed by atoms with Crippen molar-refractivity contribution in [3.63, 3.8) is 0 Å². The van der Waals surface area contributed by atoms with E-state index in [-0.39, 0.29) is 0 Å². The summed E-state index contributed by atoms with van der Waals surface area (Å²) >= 11 is 0. The highest BCUT2D eigenvalue weighted by Gasteiger charge is 2.20. The number of hydrogen-bond acceptors (Lipinski definition) is 4. The first kappa shape index (κ1) is 13.0. The molecule has 0 spiro atoms. The fourth-order valence-electron chi connectivity index (χ4n) is 2.44. The molecule has 1 N–H and O–H groups in total. The maximum absolute atomic E-state index is 9.76. The zero-order valence-electron chi connectivity index (χ0n) is 11.3. The van der Waals surface area contributed by atoms with Crippen molar-refractivity contribution in [3.8, 4) is 11.5 Å². The van der Waals surface area contributed by atoms with Gasteiger partial charge in [0.15, 0.2) is 0 Å². The molecule has 1 atom stereocenters. The van der Waals surface area contributed by atoms with E-state index in [9.17, 15) is 5.11 Å². The van der Waals surface area contributed by atoms with Crippen LogP contribution in [0.4, 0.5) is 5.69 Å². The third-order valence-electron chi connectivity index (χ3n) is 3.43. The monoisotopic (exact) mass is 251 g/mol. The molecule has 18 heavy (non-hydrogen) atoms. The quantitative estimate of drug-likeness (QED) is 0.892. The van der Waals surface area contributed by atoms with E-state index in [0.29, 0.717) is 5.75 Å². The maximum Gasteiger partial charge on any atom is 0.142 e. The number of ether oxygens (including phenoxy) is 2. The molecule has 1 aliphatic rings. The SMILES string of the molecule is COc1cc(N2CCCC2)c(OC)cc1C(C)O. The number of hydrogen-bond donors (Lipinski definition) is 1. The minimum atomic E-state index is -0.568. The Morgan fingerprint density at radius 1 is 1.11 bits per heavy atom. The van der Waals surface area contributed by atoms with Crippen LogP contribution in [0.5, 0.6) is 11.5 Å². The summed E-state index contributed by atoms with van der Waals surface area (Å²) in [5, 5.41) is 9.76. The molecule has 1 fully saturated rings. The van der Waals surface area contributed by atoms with Gasteiger partial charge in [-0.05, 0) is 25.8 Å². The first-order chi connectivity index (χ1) is 8.67. The summed E-state index contributed by atoms with van der Waals surface area (Å²) in [4.78, 5) is 2.30. The lowest BCUT2D eigenvalue weighted by Crippen LogP contribution is -2.18. The zero-order valence-corrected chi connectivity index (χ0v) is 11.3. The molecule has 1 unspecified atom stereocenters. The van der Waals surface area contributed by atoms with Crippen molar-refractivity contribution in [2.24, 2.45) is 0 Å². The highest BCUT2D eigenvalue weighted by Crippen LogP contribution is 2.39. The lowest BCUT2D eigenvalue weighted by Gasteiger charge is -2.23. The van der Waals surface area contributed by atoms with Crippen molar-refractivity contribution in [1.29, 1.82) is 0 Å². The molecule has 1 saturated heterocycles. The van der Waals surface area contributed by atoms with Crippen molar-refractivity contribution < 1.29 is 14.6 Å². The van der Waals surface area contributed by atoms with Crippen molar-refractivity contribution in [2.75, 3.05) is 32.2 Å². The number of nitrogens with zero attached hydrogens (tertiary/aromatic N) is 1. The molecule has 0 saturated carbocycles. The van der Waals surface area contributed by atoms with E-state index < -0.39 is 6.10 Å². The van der Waals surface area contributed by atoms with Crippen LogP contribution in [0.1, 0.15) is 31.4 Å². The van der Waals surface area contributed by atoms with E-state index in [1.807, 2.05) is 12.1 Å². The Morgan fingerprint density at radius 2 is 1.72 bits per heavy atom. The molecule has 0 aromatic heterocycles. The van der Waals surface area contributed by atoms with Crippen molar-refractivity contribution in [3.05, 3.63) is 17.7 Å². The first-order valence-corrected chi connectivity index (χ1v) is 6.36. The summed E-state index contributed by atoms with van der Waals surface area (Å²) < 4.78 is 10.8. The second-order valence-corrected chi connectivity index (χ2v) is 4.64. The Labute approximate surface area is 108 Å². The van der Waals surface area contributed by atoms with Gasteiger partial charge in [0, 0.05) is 24.7 Å². The van der Waals surface area contributed by atoms with Gasteiger partial charge < -0.3 is 19.5 Å². The van der Waals surface area contributed by atoms with Crippen LogP contribution in [0, 0.1) is 0 Å². The van der Waals surface area contributed by atoms with Crippen LogP contribution in [-0.2, 0) is 0 Å². The van der Waals surface area contributed by atoms with Gasteiger partial charge in [-0.1, -0.05) is 0 Å². The summed E-state index contributed by atoms with van der Waals surface area (Å²) in [6.45, 7) is 3.83. The molecular formula is C14H21NO3. The molecule has 0 bridgehead atoms. The van der Waals surface area contributed by atoms with Gasteiger partial charge in [0.25, 0.3) is 0 Å². The van der Waals surface area contributed by atoms with Crippen LogP contribution in [0.15, 0.2) is 12.1 Å². The van der Waals surface area contributed by atoms with Crippen molar-refractivity contribution >= 4 is 5.69 Å². The Morgan fingerprint density at radius 3 is 2.22 bits per heavy atom. The number of rotatable bonds is 4. The smallest absolute Gasteiger partial charge is 0.142 e. The van der Waals surface area contributed by atoms with Gasteiger partial charge in [0.2, 0.25) is 0 Å². The van der Waals surface area contributed by atoms with E-state index >= 15 is 0 Å². The Kier molecular flexibility index (Phi) is 3.97. The molecular weight excluding hydrogens is 230 g/mol. The largest absolute Gasteiger partial charge is 0.496 e. The van der Waals surface area contributed by atoms with E-state index in [1.54, 1.807) is 21.1 Å². The molecule has 1 aromatic carbocycles. The predicted octanol–water partition coefficient (Wildman–Crippen LogP) is 2.36.